The number of nitrogens with zero attached hydrogens (tertiary/aromatic N) is 3. The van der Waals surface area contributed by atoms with E-state index in [4.69, 9.17) is 19.2 Å². The first-order chi connectivity index (χ1) is 18.7. The number of methoxy groups -OCH3 is 3. The van der Waals surface area contributed by atoms with E-state index in [1.807, 2.05) is 13.8 Å². The number of ether oxygens (including phenoxy) is 3. The monoisotopic (exact) mass is 615 g/mol. The molecule has 0 saturated carbocycles. The minimum atomic E-state index is -0.789. The first-order valence-corrected chi connectivity index (χ1v) is 13.9. The molecule has 3 aromatic rings. The van der Waals surface area contributed by atoms with Gasteiger partial charge in [0.1, 0.15) is 17.5 Å². The van der Waals surface area contributed by atoms with Crippen molar-refractivity contribution in [2.24, 2.45) is 4.99 Å². The van der Waals surface area contributed by atoms with Crippen LogP contribution in [0, 0.1) is 0 Å². The van der Waals surface area contributed by atoms with E-state index in [2.05, 4.69) is 15.9 Å². The molecule has 2 aromatic carbocycles. The molecule has 0 radical (unpaired) electrons. The van der Waals surface area contributed by atoms with Crippen molar-refractivity contribution in [1.29, 1.82) is 0 Å². The number of allylic oxidation sites excluding steroid dienone is 1. The number of aromatic hydroxyl groups is 1. The average molecular weight is 617 g/mol. The predicted octanol–water partition coefficient (Wildman–Crippen LogP) is 3.60. The molecule has 0 aliphatic carbocycles. The Hall–Kier alpha value is -3.57. The summed E-state index contributed by atoms with van der Waals surface area (Å²) in [5, 5.41) is 10.2. The van der Waals surface area contributed by atoms with Gasteiger partial charge in [-0.15, -0.1) is 0 Å². The van der Waals surface area contributed by atoms with Crippen LogP contribution in [0.2, 0.25) is 0 Å². The third-order valence-electron chi connectivity index (χ3n) is 6.60. The van der Waals surface area contributed by atoms with Crippen molar-refractivity contribution in [2.45, 2.75) is 26.8 Å². The molecule has 39 heavy (non-hydrogen) atoms. The van der Waals surface area contributed by atoms with Gasteiger partial charge in [0.25, 0.3) is 11.5 Å². The number of hydrogen-bond acceptors (Lipinski definition) is 8. The number of phenols is 1. The SMILES string of the molecule is CCN(CC)C(=O)C1=C(C)N=c2s/c(=C/c3cc(Br)c(O)c(OC)c3)c(=O)n2[C@H]1c1cc(OC)ccc1OC. The zero-order chi connectivity index (χ0) is 28.4. The normalized spacial score (nSPS) is 15.1. The number of halogens is 1. The van der Waals surface area contributed by atoms with Crippen LogP contribution in [0.4, 0.5) is 0 Å². The fourth-order valence-corrected chi connectivity index (χ4v) is 6.11. The van der Waals surface area contributed by atoms with Crippen LogP contribution in [-0.2, 0) is 4.79 Å². The molecule has 1 aliphatic rings. The van der Waals surface area contributed by atoms with Crippen LogP contribution in [-0.4, -0.2) is 54.9 Å². The Morgan fingerprint density at radius 1 is 1.13 bits per heavy atom. The molecule has 1 aliphatic heterocycles. The van der Waals surface area contributed by atoms with Crippen molar-refractivity contribution in [2.75, 3.05) is 34.4 Å². The van der Waals surface area contributed by atoms with Gasteiger partial charge < -0.3 is 24.2 Å². The highest BCUT2D eigenvalue weighted by Gasteiger charge is 2.36. The summed E-state index contributed by atoms with van der Waals surface area (Å²) in [6, 6.07) is 7.86. The molecule has 1 atom stereocenters. The summed E-state index contributed by atoms with van der Waals surface area (Å²) >= 11 is 4.55. The second-order valence-electron chi connectivity index (χ2n) is 8.72. The predicted molar refractivity (Wildman–Crippen MR) is 154 cm³/mol. The summed E-state index contributed by atoms with van der Waals surface area (Å²) in [4.78, 5) is 34.7. The maximum atomic E-state index is 14.0. The zero-order valence-corrected chi connectivity index (χ0v) is 25.0. The van der Waals surface area contributed by atoms with Crippen molar-refractivity contribution in [3.05, 3.63) is 76.9 Å². The molecule has 4 rings (SSSR count). The van der Waals surface area contributed by atoms with Gasteiger partial charge >= 0.3 is 0 Å². The van der Waals surface area contributed by atoms with Gasteiger partial charge in [0.15, 0.2) is 16.3 Å². The van der Waals surface area contributed by atoms with Crippen LogP contribution in [0.15, 0.2) is 55.9 Å². The maximum Gasteiger partial charge on any atom is 0.271 e. The fourth-order valence-electron chi connectivity index (χ4n) is 4.61. The Labute approximate surface area is 238 Å². The molecule has 0 spiro atoms. The lowest BCUT2D eigenvalue weighted by atomic mass is 9.93. The molecular formula is C28H30BrN3O6S. The van der Waals surface area contributed by atoms with Gasteiger partial charge in [0, 0.05) is 18.7 Å². The second kappa shape index (κ2) is 11.7. The van der Waals surface area contributed by atoms with E-state index in [1.165, 1.54) is 18.4 Å². The van der Waals surface area contributed by atoms with E-state index >= 15 is 0 Å². The van der Waals surface area contributed by atoms with Crippen molar-refractivity contribution >= 4 is 39.2 Å². The summed E-state index contributed by atoms with van der Waals surface area (Å²) in [5.41, 5.74) is 1.88. The molecule has 0 fully saturated rings. The molecule has 0 saturated heterocycles. The zero-order valence-electron chi connectivity index (χ0n) is 22.6. The van der Waals surface area contributed by atoms with Crippen LogP contribution >= 0.6 is 27.3 Å². The summed E-state index contributed by atoms with van der Waals surface area (Å²) in [5.74, 6) is 1.12. The van der Waals surface area contributed by atoms with Gasteiger partial charge in [-0.1, -0.05) is 11.3 Å². The van der Waals surface area contributed by atoms with Gasteiger partial charge in [0.2, 0.25) is 0 Å². The van der Waals surface area contributed by atoms with Gasteiger partial charge in [-0.25, -0.2) is 4.99 Å². The third kappa shape index (κ3) is 5.20. The van der Waals surface area contributed by atoms with Crippen molar-refractivity contribution in [3.8, 4) is 23.0 Å². The number of hydrogen-bond donors (Lipinski definition) is 1. The lowest BCUT2D eigenvalue weighted by Gasteiger charge is -2.30. The van der Waals surface area contributed by atoms with Crippen molar-refractivity contribution in [1.82, 2.24) is 9.47 Å². The molecule has 11 heteroatoms. The standard InChI is InChI=1S/C28H30BrN3O6S/c1-7-31(8-2)27(35)23-15(3)30-28-32(24(23)18-14-17(36-4)9-10-20(18)37-5)26(34)22(39-28)13-16-11-19(29)25(33)21(12-16)38-6/h9-14,24,33H,7-8H2,1-6H3/b22-13+/t24-/m0/s1. The minimum absolute atomic E-state index is 0.0311. The molecule has 2 heterocycles. The molecule has 1 amide bonds. The average Bonchev–Trinajstić information content (AvgIpc) is 3.23. The highest BCUT2D eigenvalue weighted by atomic mass is 79.9. The minimum Gasteiger partial charge on any atom is -0.503 e. The van der Waals surface area contributed by atoms with Gasteiger partial charge in [-0.2, -0.15) is 0 Å². The molecule has 0 unspecified atom stereocenters. The molecule has 0 bridgehead atoms. The number of thiazole rings is 1. The number of amides is 1. The van der Waals surface area contributed by atoms with Crippen LogP contribution < -0.4 is 29.1 Å². The van der Waals surface area contributed by atoms with Crippen LogP contribution in [0.3, 0.4) is 0 Å². The van der Waals surface area contributed by atoms with Crippen molar-refractivity contribution < 1.29 is 24.1 Å². The maximum absolute atomic E-state index is 14.0. The smallest absolute Gasteiger partial charge is 0.271 e. The molecule has 1 N–H and O–H groups in total. The van der Waals surface area contributed by atoms with Crippen molar-refractivity contribution in [3.63, 3.8) is 0 Å². The number of aromatic nitrogens is 1. The summed E-state index contributed by atoms with van der Waals surface area (Å²) < 4.78 is 18.8. The molecular weight excluding hydrogens is 586 g/mol. The Morgan fingerprint density at radius 3 is 2.44 bits per heavy atom. The highest BCUT2D eigenvalue weighted by Crippen LogP contribution is 2.38. The summed E-state index contributed by atoms with van der Waals surface area (Å²) in [6.45, 7) is 6.64. The van der Waals surface area contributed by atoms with E-state index in [0.717, 1.165) is 0 Å². The van der Waals surface area contributed by atoms with Gasteiger partial charge in [-0.3, -0.25) is 14.2 Å². The van der Waals surface area contributed by atoms with E-state index in [-0.39, 0.29) is 23.0 Å². The Morgan fingerprint density at radius 2 is 1.82 bits per heavy atom. The third-order valence-corrected chi connectivity index (χ3v) is 8.19. The van der Waals surface area contributed by atoms with E-state index in [1.54, 1.807) is 67.0 Å². The van der Waals surface area contributed by atoms with Gasteiger partial charge in [-0.05, 0) is 78.7 Å². The number of benzene rings is 2. The first-order valence-electron chi connectivity index (χ1n) is 12.3. The topological polar surface area (TPSA) is 103 Å². The Balaban J connectivity index is 2.03. The number of carbonyl (C=O) groups excluding carboxylic acids is 1. The molecule has 1 aromatic heterocycles. The van der Waals surface area contributed by atoms with E-state index in [0.29, 0.717) is 60.8 Å². The summed E-state index contributed by atoms with van der Waals surface area (Å²) in [7, 11) is 4.57. The first kappa shape index (κ1) is 28.4. The molecule has 206 valence electrons. The number of fused-ring (bicyclic) bond motifs is 1. The fraction of sp³-hybridized carbons (Fsp3) is 0.321. The van der Waals surface area contributed by atoms with Crippen LogP contribution in [0.25, 0.3) is 6.08 Å². The number of carbonyl (C=O) groups is 1. The largest absolute Gasteiger partial charge is 0.503 e. The van der Waals surface area contributed by atoms with E-state index in [9.17, 15) is 14.7 Å². The number of phenolic OH excluding ortho intramolecular Hbond substituents is 1. The number of rotatable bonds is 8. The summed E-state index contributed by atoms with van der Waals surface area (Å²) in [6.07, 6.45) is 1.71. The van der Waals surface area contributed by atoms with Gasteiger partial charge in [0.05, 0.1) is 41.6 Å². The Bertz CT molecular complexity index is 1640. The molecule has 9 nitrogen and oxygen atoms in total. The van der Waals surface area contributed by atoms with Crippen LogP contribution in [0.5, 0.6) is 23.0 Å². The van der Waals surface area contributed by atoms with Crippen LogP contribution in [0.1, 0.15) is 37.9 Å². The lowest BCUT2D eigenvalue weighted by Crippen LogP contribution is -2.43. The number of likely N-dealkylation sites (N-methyl/N-ethyl adjacent to an activating group) is 1. The highest BCUT2D eigenvalue weighted by molar-refractivity contribution is 9.10. The Kier molecular flexibility index (Phi) is 8.51. The van der Waals surface area contributed by atoms with E-state index < -0.39 is 6.04 Å². The quantitative estimate of drug-likeness (QED) is 0.415. The second-order valence-corrected chi connectivity index (χ2v) is 10.6. The lowest BCUT2D eigenvalue weighted by molar-refractivity contribution is -0.127.